The van der Waals surface area contributed by atoms with Crippen molar-refractivity contribution in [2.75, 3.05) is 7.05 Å². The zero-order valence-corrected chi connectivity index (χ0v) is 16.5. The van der Waals surface area contributed by atoms with Gasteiger partial charge in [0, 0.05) is 18.3 Å². The van der Waals surface area contributed by atoms with Crippen LogP contribution < -0.4 is 10.5 Å². The molecule has 0 fully saturated rings. The molecule has 4 rings (SSSR count). The minimum absolute atomic E-state index is 0.0314. The summed E-state index contributed by atoms with van der Waals surface area (Å²) in [6.07, 6.45) is 0. The smallest absolute Gasteiger partial charge is 0.337 e. The monoisotopic (exact) mass is 401 g/mol. The number of amides is 1. The third kappa shape index (κ3) is 2.58. The Hall–Kier alpha value is -4.05. The van der Waals surface area contributed by atoms with Crippen molar-refractivity contribution in [1.82, 2.24) is 4.90 Å². The van der Waals surface area contributed by atoms with Gasteiger partial charge in [-0.2, -0.15) is 5.26 Å². The molecule has 2 aliphatic heterocycles. The summed E-state index contributed by atoms with van der Waals surface area (Å²) < 4.78 is 11.1. The topological polar surface area (TPSA) is 106 Å². The molecule has 150 valence electrons. The number of rotatable bonds is 3. The number of para-hydroxylation sites is 1. The lowest BCUT2D eigenvalue weighted by atomic mass is 9.68. The quantitative estimate of drug-likeness (QED) is 0.792. The van der Waals surface area contributed by atoms with E-state index in [2.05, 4.69) is 0 Å². The molecule has 0 aliphatic carbocycles. The van der Waals surface area contributed by atoms with E-state index in [1.54, 1.807) is 38.2 Å². The van der Waals surface area contributed by atoms with Crippen molar-refractivity contribution in [2.45, 2.75) is 18.9 Å². The van der Waals surface area contributed by atoms with Crippen molar-refractivity contribution in [3.05, 3.63) is 88.5 Å². The lowest BCUT2D eigenvalue weighted by molar-refractivity contribution is -0.142. The van der Waals surface area contributed by atoms with Gasteiger partial charge in [-0.25, -0.2) is 4.79 Å². The number of ether oxygens (including phenoxy) is 2. The van der Waals surface area contributed by atoms with E-state index in [0.717, 1.165) is 5.56 Å². The molecule has 1 amide bonds. The van der Waals surface area contributed by atoms with Crippen LogP contribution in [0.3, 0.4) is 0 Å². The van der Waals surface area contributed by atoms with Gasteiger partial charge in [0.15, 0.2) is 5.41 Å². The summed E-state index contributed by atoms with van der Waals surface area (Å²) in [6, 6.07) is 18.0. The maximum atomic E-state index is 13.5. The molecule has 0 aromatic heterocycles. The SMILES string of the molecule is CC1=C(C(=O)OCc2ccccc2)[C@@]2(C(=O)N1C)C(C#N)=C(N)Oc1ccccc12. The number of allylic oxidation sites excluding steroid dienone is 1. The van der Waals surface area contributed by atoms with Crippen LogP contribution in [0.15, 0.2) is 77.3 Å². The number of hydrogen-bond acceptors (Lipinski definition) is 6. The van der Waals surface area contributed by atoms with Crippen molar-refractivity contribution in [3.8, 4) is 11.8 Å². The Balaban J connectivity index is 1.88. The van der Waals surface area contributed by atoms with Crippen LogP contribution in [-0.4, -0.2) is 23.8 Å². The Morgan fingerprint density at radius 2 is 1.87 bits per heavy atom. The van der Waals surface area contributed by atoms with Gasteiger partial charge in [-0.15, -0.1) is 0 Å². The van der Waals surface area contributed by atoms with Gasteiger partial charge in [-0.1, -0.05) is 48.5 Å². The predicted octanol–water partition coefficient (Wildman–Crippen LogP) is 2.50. The molecule has 1 atom stereocenters. The maximum Gasteiger partial charge on any atom is 0.337 e. The molecule has 0 saturated heterocycles. The van der Waals surface area contributed by atoms with Gasteiger partial charge in [0.2, 0.25) is 11.8 Å². The minimum Gasteiger partial charge on any atom is -0.457 e. The second-order valence-corrected chi connectivity index (χ2v) is 7.09. The fourth-order valence-corrected chi connectivity index (χ4v) is 4.02. The third-order valence-corrected chi connectivity index (χ3v) is 5.53. The lowest BCUT2D eigenvalue weighted by Gasteiger charge is -2.34. The molecule has 2 N–H and O–H groups in total. The molecule has 0 radical (unpaired) electrons. The highest BCUT2D eigenvalue weighted by Crippen LogP contribution is 2.53. The van der Waals surface area contributed by atoms with E-state index in [1.807, 2.05) is 36.4 Å². The number of benzene rings is 2. The Morgan fingerprint density at radius 1 is 1.20 bits per heavy atom. The molecule has 2 heterocycles. The molecule has 0 saturated carbocycles. The van der Waals surface area contributed by atoms with E-state index in [9.17, 15) is 14.9 Å². The van der Waals surface area contributed by atoms with Crippen molar-refractivity contribution >= 4 is 11.9 Å². The average Bonchev–Trinajstić information content (AvgIpc) is 2.95. The van der Waals surface area contributed by atoms with Gasteiger partial charge in [0.25, 0.3) is 0 Å². The highest BCUT2D eigenvalue weighted by molar-refractivity contribution is 6.12. The third-order valence-electron chi connectivity index (χ3n) is 5.53. The number of hydrogen-bond donors (Lipinski definition) is 1. The zero-order valence-electron chi connectivity index (χ0n) is 16.5. The molecule has 0 unspecified atom stereocenters. The summed E-state index contributed by atoms with van der Waals surface area (Å²) in [5, 5.41) is 9.90. The first-order valence-electron chi connectivity index (χ1n) is 9.31. The first-order valence-corrected chi connectivity index (χ1v) is 9.31. The molecular weight excluding hydrogens is 382 g/mol. The summed E-state index contributed by atoms with van der Waals surface area (Å²) in [5.41, 5.74) is 5.86. The Morgan fingerprint density at radius 3 is 2.57 bits per heavy atom. The van der Waals surface area contributed by atoms with E-state index >= 15 is 0 Å². The molecule has 2 aromatic rings. The van der Waals surface area contributed by atoms with Crippen LogP contribution in [0.2, 0.25) is 0 Å². The number of nitriles is 1. The first-order chi connectivity index (χ1) is 14.4. The number of carbonyl (C=O) groups excluding carboxylic acids is 2. The fraction of sp³-hybridized carbons (Fsp3) is 0.174. The van der Waals surface area contributed by atoms with E-state index in [1.165, 1.54) is 4.90 Å². The molecular formula is C23H19N3O4. The van der Waals surface area contributed by atoms with Crippen molar-refractivity contribution in [2.24, 2.45) is 5.73 Å². The second kappa shape index (κ2) is 7.08. The van der Waals surface area contributed by atoms with Crippen LogP contribution in [0.25, 0.3) is 0 Å². The summed E-state index contributed by atoms with van der Waals surface area (Å²) in [4.78, 5) is 28.2. The Labute approximate surface area is 173 Å². The van der Waals surface area contributed by atoms with Crippen molar-refractivity contribution < 1.29 is 19.1 Å². The van der Waals surface area contributed by atoms with Crippen molar-refractivity contribution in [1.29, 1.82) is 5.26 Å². The van der Waals surface area contributed by atoms with E-state index in [4.69, 9.17) is 15.2 Å². The summed E-state index contributed by atoms with van der Waals surface area (Å²) in [6.45, 7) is 1.68. The highest BCUT2D eigenvalue weighted by atomic mass is 16.5. The van der Waals surface area contributed by atoms with Crippen LogP contribution in [0.5, 0.6) is 5.75 Å². The van der Waals surface area contributed by atoms with Gasteiger partial charge >= 0.3 is 5.97 Å². The Bertz CT molecular complexity index is 1160. The number of esters is 1. The Kier molecular flexibility index (Phi) is 4.55. The van der Waals surface area contributed by atoms with E-state index < -0.39 is 17.3 Å². The van der Waals surface area contributed by atoms with Gasteiger partial charge in [0.1, 0.15) is 24.0 Å². The largest absolute Gasteiger partial charge is 0.457 e. The molecule has 7 nitrogen and oxygen atoms in total. The number of likely N-dealkylation sites (N-methyl/N-ethyl adjacent to an activating group) is 1. The number of nitrogens with two attached hydrogens (primary N) is 1. The van der Waals surface area contributed by atoms with Crippen LogP contribution >= 0.6 is 0 Å². The standard InChI is InChI=1S/C23H19N3O4/c1-14-19(21(27)29-13-15-8-4-3-5-9-15)23(22(28)26(14)2)16-10-6-7-11-18(16)30-20(25)17(23)12-24/h3-11H,13,25H2,1-2H3/t23-/m0/s1. The molecule has 2 aliphatic rings. The zero-order chi connectivity index (χ0) is 21.5. The van der Waals surface area contributed by atoms with E-state index in [-0.39, 0.29) is 23.6 Å². The van der Waals surface area contributed by atoms with Crippen molar-refractivity contribution in [3.63, 3.8) is 0 Å². The summed E-state index contributed by atoms with van der Waals surface area (Å²) >= 11 is 0. The van der Waals surface area contributed by atoms with Gasteiger partial charge in [-0.3, -0.25) is 4.79 Å². The first kappa shape index (κ1) is 19.3. The van der Waals surface area contributed by atoms with Gasteiger partial charge < -0.3 is 20.1 Å². The number of carbonyl (C=O) groups is 2. The molecule has 1 spiro atoms. The van der Waals surface area contributed by atoms with Crippen LogP contribution in [-0.2, 0) is 26.3 Å². The lowest BCUT2D eigenvalue weighted by Crippen LogP contribution is -2.46. The van der Waals surface area contributed by atoms with Gasteiger partial charge in [0.05, 0.1) is 5.57 Å². The molecule has 0 bridgehead atoms. The normalized spacial score (nSPS) is 20.2. The summed E-state index contributed by atoms with van der Waals surface area (Å²) in [5.74, 6) is -1.03. The summed E-state index contributed by atoms with van der Waals surface area (Å²) in [7, 11) is 1.56. The molecule has 2 aromatic carbocycles. The minimum atomic E-state index is -1.71. The maximum absolute atomic E-state index is 13.5. The van der Waals surface area contributed by atoms with E-state index in [0.29, 0.717) is 17.0 Å². The highest BCUT2D eigenvalue weighted by Gasteiger charge is 2.61. The predicted molar refractivity (Wildman–Crippen MR) is 107 cm³/mol. The average molecular weight is 401 g/mol. The number of nitrogens with zero attached hydrogens (tertiary/aromatic N) is 2. The molecule has 30 heavy (non-hydrogen) atoms. The fourth-order valence-electron chi connectivity index (χ4n) is 4.02. The van der Waals surface area contributed by atoms with Crippen LogP contribution in [0, 0.1) is 11.3 Å². The van der Waals surface area contributed by atoms with Crippen LogP contribution in [0.1, 0.15) is 18.1 Å². The molecule has 7 heteroatoms. The number of fused-ring (bicyclic) bond motifs is 2. The second-order valence-electron chi connectivity index (χ2n) is 7.09. The van der Waals surface area contributed by atoms with Gasteiger partial charge in [-0.05, 0) is 18.6 Å². The van der Waals surface area contributed by atoms with Crippen LogP contribution in [0.4, 0.5) is 0 Å².